The number of ether oxygens (including phenoxy) is 3. The molecule has 1 aromatic carbocycles. The molecule has 0 saturated heterocycles. The Bertz CT molecular complexity index is 807. The summed E-state index contributed by atoms with van der Waals surface area (Å²) in [6.07, 6.45) is 0.122. The third kappa shape index (κ3) is 5.37. The molecule has 0 atom stereocenters. The summed E-state index contributed by atoms with van der Waals surface area (Å²) < 4.78 is 14.7. The summed E-state index contributed by atoms with van der Waals surface area (Å²) in [7, 11) is 2.55. The van der Waals surface area contributed by atoms with Gasteiger partial charge in [-0.25, -0.2) is 9.79 Å². The second-order valence-corrected chi connectivity index (χ2v) is 5.75. The summed E-state index contributed by atoms with van der Waals surface area (Å²) in [5, 5.41) is 0. The van der Waals surface area contributed by atoms with Crippen LogP contribution in [-0.2, 0) is 35.2 Å². The number of carbonyl (C=O) groups is 3. The number of esters is 3. The first-order valence-electron chi connectivity index (χ1n) is 8.31. The van der Waals surface area contributed by atoms with Crippen LogP contribution in [0.1, 0.15) is 24.8 Å². The highest BCUT2D eigenvalue weighted by Gasteiger charge is 2.30. The van der Waals surface area contributed by atoms with E-state index in [4.69, 9.17) is 4.74 Å². The van der Waals surface area contributed by atoms with Crippen LogP contribution in [0.3, 0.4) is 0 Å². The predicted molar refractivity (Wildman–Crippen MR) is 97.7 cm³/mol. The largest absolute Gasteiger partial charge is 0.469 e. The van der Waals surface area contributed by atoms with Crippen LogP contribution < -0.4 is 0 Å². The van der Waals surface area contributed by atoms with E-state index in [0.717, 1.165) is 5.56 Å². The normalized spacial score (nSPS) is 13.3. The fourth-order valence-corrected chi connectivity index (χ4v) is 2.57. The molecule has 0 saturated carbocycles. The van der Waals surface area contributed by atoms with Crippen molar-refractivity contribution in [3.8, 4) is 0 Å². The lowest BCUT2D eigenvalue weighted by Gasteiger charge is -2.10. The first-order chi connectivity index (χ1) is 13.0. The SMILES string of the molecule is C=C1N=C(C(=O)OCc2ccccc2)C(CCC(=O)OC)=C1CC(=O)OC. The number of carbonyl (C=O) groups excluding carboxylic acids is 3. The molecule has 1 aliphatic rings. The van der Waals surface area contributed by atoms with Crippen LogP contribution in [0.5, 0.6) is 0 Å². The van der Waals surface area contributed by atoms with Crippen molar-refractivity contribution in [1.82, 2.24) is 0 Å². The van der Waals surface area contributed by atoms with Gasteiger partial charge in [0.25, 0.3) is 0 Å². The Morgan fingerprint density at radius 1 is 1.00 bits per heavy atom. The third-order valence-electron chi connectivity index (χ3n) is 4.01. The predicted octanol–water partition coefficient (Wildman–Crippen LogP) is 2.51. The number of nitrogens with zero attached hydrogens (tertiary/aromatic N) is 1. The van der Waals surface area contributed by atoms with E-state index in [2.05, 4.69) is 21.0 Å². The zero-order valence-corrected chi connectivity index (χ0v) is 15.3. The van der Waals surface area contributed by atoms with E-state index in [1.165, 1.54) is 14.2 Å². The van der Waals surface area contributed by atoms with E-state index in [1.807, 2.05) is 30.3 Å². The summed E-state index contributed by atoms with van der Waals surface area (Å²) in [6.45, 7) is 3.88. The van der Waals surface area contributed by atoms with Crippen LogP contribution in [0.25, 0.3) is 0 Å². The van der Waals surface area contributed by atoms with E-state index < -0.39 is 17.9 Å². The maximum Gasteiger partial charge on any atom is 0.357 e. The van der Waals surface area contributed by atoms with Gasteiger partial charge in [0.05, 0.1) is 26.3 Å². The molecular weight excluding hydrogens is 350 g/mol. The van der Waals surface area contributed by atoms with Crippen LogP contribution in [0.15, 0.2) is 58.7 Å². The molecule has 0 amide bonds. The quantitative estimate of drug-likeness (QED) is 0.515. The highest BCUT2D eigenvalue weighted by Crippen LogP contribution is 2.31. The van der Waals surface area contributed by atoms with Gasteiger partial charge in [0.1, 0.15) is 6.61 Å². The lowest BCUT2D eigenvalue weighted by Crippen LogP contribution is -2.19. The first-order valence-corrected chi connectivity index (χ1v) is 8.31. The Kier molecular flexibility index (Phi) is 7.05. The minimum atomic E-state index is -0.639. The minimum absolute atomic E-state index is 0.0365. The molecule has 1 aliphatic heterocycles. The summed E-state index contributed by atoms with van der Waals surface area (Å²) >= 11 is 0. The van der Waals surface area contributed by atoms with Crippen molar-refractivity contribution in [2.75, 3.05) is 14.2 Å². The maximum atomic E-state index is 12.5. The molecule has 7 nitrogen and oxygen atoms in total. The molecule has 0 radical (unpaired) electrons. The van der Waals surface area contributed by atoms with Gasteiger partial charge >= 0.3 is 17.9 Å². The van der Waals surface area contributed by atoms with Gasteiger partial charge in [-0.05, 0) is 23.1 Å². The van der Waals surface area contributed by atoms with Gasteiger partial charge in [0.15, 0.2) is 5.71 Å². The van der Waals surface area contributed by atoms with Crippen molar-refractivity contribution in [3.05, 3.63) is 59.3 Å². The Balaban J connectivity index is 2.19. The maximum absolute atomic E-state index is 12.5. The Labute approximate surface area is 157 Å². The molecule has 0 unspecified atom stereocenters. The molecule has 7 heteroatoms. The molecule has 1 heterocycles. The molecule has 0 aliphatic carbocycles. The van der Waals surface area contributed by atoms with Gasteiger partial charge in [0, 0.05) is 6.42 Å². The summed E-state index contributed by atoms with van der Waals surface area (Å²) in [5.74, 6) is -1.56. The Morgan fingerprint density at radius 2 is 1.67 bits per heavy atom. The van der Waals surface area contributed by atoms with Gasteiger partial charge in [-0.15, -0.1) is 0 Å². The van der Waals surface area contributed by atoms with Crippen LogP contribution in [-0.4, -0.2) is 37.8 Å². The second-order valence-electron chi connectivity index (χ2n) is 5.75. The van der Waals surface area contributed by atoms with Gasteiger partial charge in [-0.3, -0.25) is 9.59 Å². The molecule has 0 spiro atoms. The fourth-order valence-electron chi connectivity index (χ4n) is 2.57. The average Bonchev–Trinajstić information content (AvgIpc) is 3.00. The molecule has 0 N–H and O–H groups in total. The lowest BCUT2D eigenvalue weighted by atomic mass is 9.97. The van der Waals surface area contributed by atoms with Crippen LogP contribution in [0, 0.1) is 0 Å². The molecule has 0 bridgehead atoms. The number of rotatable bonds is 8. The minimum Gasteiger partial charge on any atom is -0.469 e. The van der Waals surface area contributed by atoms with Gasteiger partial charge in [0.2, 0.25) is 0 Å². The fraction of sp³-hybridized carbons (Fsp3) is 0.300. The van der Waals surface area contributed by atoms with Crippen molar-refractivity contribution < 1.29 is 28.6 Å². The summed E-state index contributed by atoms with van der Waals surface area (Å²) in [5.41, 5.74) is 2.09. The standard InChI is InChI=1S/C20H21NO6/c1-13-16(11-18(23)26-3)15(9-10-17(22)25-2)19(21-13)20(24)27-12-14-7-5-4-6-8-14/h4-8H,1,9-12H2,2-3H3. The lowest BCUT2D eigenvalue weighted by molar-refractivity contribution is -0.141. The topological polar surface area (TPSA) is 91.3 Å². The number of hydrogen-bond acceptors (Lipinski definition) is 7. The molecule has 27 heavy (non-hydrogen) atoms. The zero-order valence-electron chi connectivity index (χ0n) is 15.3. The van der Waals surface area contributed by atoms with Crippen molar-refractivity contribution in [3.63, 3.8) is 0 Å². The van der Waals surface area contributed by atoms with Crippen molar-refractivity contribution in [2.24, 2.45) is 4.99 Å². The molecular formula is C20H21NO6. The van der Waals surface area contributed by atoms with E-state index in [-0.39, 0.29) is 37.3 Å². The van der Waals surface area contributed by atoms with Crippen LogP contribution in [0.4, 0.5) is 0 Å². The van der Waals surface area contributed by atoms with Gasteiger partial charge in [-0.1, -0.05) is 36.9 Å². The number of methoxy groups -OCH3 is 2. The van der Waals surface area contributed by atoms with E-state index >= 15 is 0 Å². The monoisotopic (exact) mass is 371 g/mol. The molecule has 0 fully saturated rings. The Morgan fingerprint density at radius 3 is 2.30 bits per heavy atom. The van der Waals surface area contributed by atoms with Crippen LogP contribution in [0.2, 0.25) is 0 Å². The van der Waals surface area contributed by atoms with E-state index in [9.17, 15) is 14.4 Å². The van der Waals surface area contributed by atoms with Gasteiger partial charge in [-0.2, -0.15) is 0 Å². The molecule has 2 rings (SSSR count). The first kappa shape index (κ1) is 20.1. The van der Waals surface area contributed by atoms with Crippen molar-refractivity contribution in [1.29, 1.82) is 0 Å². The number of hydrogen-bond donors (Lipinski definition) is 0. The second kappa shape index (κ2) is 9.47. The third-order valence-corrected chi connectivity index (χ3v) is 4.01. The van der Waals surface area contributed by atoms with Gasteiger partial charge < -0.3 is 14.2 Å². The zero-order chi connectivity index (χ0) is 19.8. The van der Waals surface area contributed by atoms with E-state index in [1.54, 1.807) is 0 Å². The molecule has 0 aromatic heterocycles. The number of aliphatic imine (C=N–C) groups is 1. The highest BCUT2D eigenvalue weighted by atomic mass is 16.5. The number of allylic oxidation sites excluding steroid dienone is 1. The highest BCUT2D eigenvalue weighted by molar-refractivity contribution is 6.44. The summed E-state index contributed by atoms with van der Waals surface area (Å²) in [4.78, 5) is 39.9. The van der Waals surface area contributed by atoms with E-state index in [0.29, 0.717) is 11.1 Å². The smallest absolute Gasteiger partial charge is 0.357 e. The molecule has 142 valence electrons. The number of benzene rings is 1. The average molecular weight is 371 g/mol. The Hall–Kier alpha value is -3.22. The summed E-state index contributed by atoms with van der Waals surface area (Å²) in [6, 6.07) is 9.21. The van der Waals surface area contributed by atoms with Crippen LogP contribution >= 0.6 is 0 Å². The molecule has 1 aromatic rings. The van der Waals surface area contributed by atoms with Crippen molar-refractivity contribution in [2.45, 2.75) is 25.9 Å². The van der Waals surface area contributed by atoms with Crippen molar-refractivity contribution >= 4 is 23.6 Å².